The van der Waals surface area contributed by atoms with Crippen LogP contribution in [0.3, 0.4) is 0 Å². The lowest BCUT2D eigenvalue weighted by atomic mass is 10.0. The van der Waals surface area contributed by atoms with E-state index < -0.39 is 5.69 Å². The molecule has 10 heteroatoms. The van der Waals surface area contributed by atoms with Crippen molar-refractivity contribution in [1.82, 2.24) is 23.7 Å². The number of nitrogens with two attached hydrogens (primary N) is 1. The number of fused-ring (bicyclic) bond motifs is 1. The molecule has 4 aromatic rings. The Morgan fingerprint density at radius 1 is 1.16 bits per heavy atom. The molecule has 5 rings (SSSR count). The van der Waals surface area contributed by atoms with Crippen molar-refractivity contribution in [2.75, 3.05) is 12.3 Å². The number of pyridine rings is 1. The van der Waals surface area contributed by atoms with Crippen molar-refractivity contribution in [1.29, 1.82) is 0 Å². The van der Waals surface area contributed by atoms with Gasteiger partial charge < -0.3 is 15.0 Å². The molecule has 1 aliphatic heterocycles. The summed E-state index contributed by atoms with van der Waals surface area (Å²) in [6.07, 6.45) is 3.34. The second-order valence-corrected chi connectivity index (χ2v) is 7.83. The van der Waals surface area contributed by atoms with Crippen molar-refractivity contribution in [3.8, 4) is 22.4 Å². The van der Waals surface area contributed by atoms with Crippen molar-refractivity contribution < 1.29 is 9.13 Å². The van der Waals surface area contributed by atoms with Crippen LogP contribution in [0, 0.1) is 5.82 Å². The lowest BCUT2D eigenvalue weighted by molar-refractivity contribution is 0.0931. The maximum absolute atomic E-state index is 13.5. The summed E-state index contributed by atoms with van der Waals surface area (Å²) >= 11 is 0. The first-order chi connectivity index (χ1) is 15.4. The van der Waals surface area contributed by atoms with Crippen LogP contribution in [0.2, 0.25) is 0 Å². The zero-order chi connectivity index (χ0) is 22.4. The molecule has 1 saturated heterocycles. The first-order valence-corrected chi connectivity index (χ1v) is 10.3. The molecular formula is C22H21FN6O3. The Labute approximate surface area is 181 Å². The van der Waals surface area contributed by atoms with Crippen LogP contribution in [0.5, 0.6) is 0 Å². The number of nitrogens with zero attached hydrogens (tertiary/aromatic N) is 5. The van der Waals surface area contributed by atoms with E-state index in [0.29, 0.717) is 41.2 Å². The van der Waals surface area contributed by atoms with Gasteiger partial charge in [-0.2, -0.15) is 0 Å². The highest BCUT2D eigenvalue weighted by molar-refractivity contribution is 5.90. The average molecular weight is 436 g/mol. The molecule has 4 heterocycles. The van der Waals surface area contributed by atoms with Crippen LogP contribution in [0.25, 0.3) is 28.0 Å². The summed E-state index contributed by atoms with van der Waals surface area (Å²) in [4.78, 5) is 29.6. The zero-order valence-electron chi connectivity index (χ0n) is 17.4. The first-order valence-electron chi connectivity index (χ1n) is 10.3. The number of rotatable bonds is 4. The van der Waals surface area contributed by atoms with Crippen LogP contribution in [0.15, 0.2) is 52.2 Å². The normalized spacial score (nSPS) is 16.1. The highest BCUT2D eigenvalue weighted by Crippen LogP contribution is 2.34. The minimum Gasteiger partial charge on any atom is -0.376 e. The monoisotopic (exact) mass is 436 g/mol. The molecule has 0 bridgehead atoms. The van der Waals surface area contributed by atoms with Crippen LogP contribution in [-0.2, 0) is 18.3 Å². The minimum atomic E-state index is -0.419. The molecule has 1 aromatic carbocycles. The fourth-order valence-electron chi connectivity index (χ4n) is 4.03. The van der Waals surface area contributed by atoms with Crippen molar-refractivity contribution in [2.45, 2.75) is 25.5 Å². The van der Waals surface area contributed by atoms with Crippen molar-refractivity contribution in [2.24, 2.45) is 7.05 Å². The first kappa shape index (κ1) is 20.1. The third-order valence-electron chi connectivity index (χ3n) is 5.65. The van der Waals surface area contributed by atoms with Gasteiger partial charge in [-0.1, -0.05) is 0 Å². The molecule has 0 saturated carbocycles. The molecule has 164 valence electrons. The van der Waals surface area contributed by atoms with Crippen molar-refractivity contribution in [3.05, 3.63) is 69.3 Å². The molecule has 0 unspecified atom stereocenters. The van der Waals surface area contributed by atoms with E-state index in [-0.39, 0.29) is 23.4 Å². The number of hydrogen-bond donors (Lipinski definition) is 1. The number of nitrogen functional groups attached to an aromatic ring is 1. The fourth-order valence-corrected chi connectivity index (χ4v) is 4.03. The lowest BCUT2D eigenvalue weighted by Crippen LogP contribution is -2.28. The van der Waals surface area contributed by atoms with Gasteiger partial charge in [-0.15, -0.1) is 5.10 Å². The van der Waals surface area contributed by atoms with E-state index in [9.17, 15) is 14.0 Å². The van der Waals surface area contributed by atoms with Gasteiger partial charge in [-0.05, 0) is 43.2 Å². The van der Waals surface area contributed by atoms with Gasteiger partial charge in [-0.25, -0.2) is 23.3 Å². The Hall–Kier alpha value is -3.79. The van der Waals surface area contributed by atoms with E-state index in [4.69, 9.17) is 10.5 Å². The van der Waals surface area contributed by atoms with Gasteiger partial charge in [0.15, 0.2) is 5.65 Å². The Morgan fingerprint density at radius 2 is 1.91 bits per heavy atom. The molecule has 2 N–H and O–H groups in total. The SMILES string of the molecule is Cn1cc(-c2c(-c3ccc(F)cc3)nc(N)n3c(=O)n(C[C@H]4CCCO4)nc23)ccc1=O. The minimum absolute atomic E-state index is 0.0310. The van der Waals surface area contributed by atoms with Crippen LogP contribution < -0.4 is 17.0 Å². The molecule has 3 aromatic heterocycles. The summed E-state index contributed by atoms with van der Waals surface area (Å²) in [5, 5.41) is 4.57. The van der Waals surface area contributed by atoms with Gasteiger partial charge in [0.05, 0.1) is 23.9 Å². The summed E-state index contributed by atoms with van der Waals surface area (Å²) < 4.78 is 23.2. The maximum Gasteiger partial charge on any atom is 0.353 e. The summed E-state index contributed by atoms with van der Waals surface area (Å²) in [5.41, 5.74) is 8.07. The fraction of sp³-hybridized carbons (Fsp3) is 0.273. The van der Waals surface area contributed by atoms with Gasteiger partial charge in [0, 0.05) is 37.0 Å². The van der Waals surface area contributed by atoms with Crippen molar-refractivity contribution in [3.63, 3.8) is 0 Å². The topological polar surface area (TPSA) is 109 Å². The molecular weight excluding hydrogens is 415 g/mol. The number of hydrogen-bond acceptors (Lipinski definition) is 6. The van der Waals surface area contributed by atoms with E-state index in [1.54, 1.807) is 31.4 Å². The second-order valence-electron chi connectivity index (χ2n) is 7.83. The molecule has 1 atom stereocenters. The van der Waals surface area contributed by atoms with E-state index in [1.165, 1.54) is 31.8 Å². The van der Waals surface area contributed by atoms with E-state index in [0.717, 1.165) is 12.8 Å². The highest BCUT2D eigenvalue weighted by Gasteiger charge is 2.24. The van der Waals surface area contributed by atoms with Crippen molar-refractivity contribution >= 4 is 11.6 Å². The van der Waals surface area contributed by atoms with Gasteiger partial charge >= 0.3 is 5.69 Å². The molecule has 9 nitrogen and oxygen atoms in total. The maximum atomic E-state index is 13.5. The highest BCUT2D eigenvalue weighted by atomic mass is 19.1. The Kier molecular flexibility index (Phi) is 4.86. The number of aromatic nitrogens is 5. The third-order valence-corrected chi connectivity index (χ3v) is 5.65. The predicted octanol–water partition coefficient (Wildman–Crippen LogP) is 1.82. The molecule has 32 heavy (non-hydrogen) atoms. The summed E-state index contributed by atoms with van der Waals surface area (Å²) in [6, 6.07) is 8.89. The molecule has 0 amide bonds. The smallest absolute Gasteiger partial charge is 0.353 e. The second kappa shape index (κ2) is 7.72. The van der Waals surface area contributed by atoms with Crippen LogP contribution in [0.1, 0.15) is 12.8 Å². The average Bonchev–Trinajstić information content (AvgIpc) is 3.39. The van der Waals surface area contributed by atoms with E-state index in [1.807, 2.05) is 0 Å². The number of ether oxygens (including phenoxy) is 1. The Bertz CT molecular complexity index is 1430. The molecule has 1 aliphatic rings. The zero-order valence-corrected chi connectivity index (χ0v) is 17.4. The number of benzene rings is 1. The summed E-state index contributed by atoms with van der Waals surface area (Å²) in [6.45, 7) is 0.965. The van der Waals surface area contributed by atoms with E-state index in [2.05, 4.69) is 10.1 Å². The molecule has 0 radical (unpaired) electrons. The largest absolute Gasteiger partial charge is 0.376 e. The number of aryl methyl sites for hydroxylation is 1. The van der Waals surface area contributed by atoms with Gasteiger partial charge in [0.1, 0.15) is 5.82 Å². The van der Waals surface area contributed by atoms with Crippen LogP contribution in [-0.4, -0.2) is 36.4 Å². The van der Waals surface area contributed by atoms with Crippen LogP contribution >= 0.6 is 0 Å². The Morgan fingerprint density at radius 3 is 2.59 bits per heavy atom. The summed E-state index contributed by atoms with van der Waals surface area (Å²) in [7, 11) is 1.63. The third kappa shape index (κ3) is 3.38. The molecule has 1 fully saturated rings. The quantitative estimate of drug-likeness (QED) is 0.523. The number of anilines is 1. The van der Waals surface area contributed by atoms with Crippen LogP contribution in [0.4, 0.5) is 10.3 Å². The molecule has 0 spiro atoms. The number of halogens is 1. The van der Waals surface area contributed by atoms with Gasteiger partial charge in [-0.3, -0.25) is 4.79 Å². The Balaban J connectivity index is 1.80. The van der Waals surface area contributed by atoms with Gasteiger partial charge in [0.25, 0.3) is 0 Å². The lowest BCUT2D eigenvalue weighted by Gasteiger charge is -2.12. The summed E-state index contributed by atoms with van der Waals surface area (Å²) in [5.74, 6) is -0.417. The standard InChI is InChI=1S/C22H21FN6O3/c1-27-11-14(6-9-17(27)30)18-19(13-4-7-15(23)8-5-13)25-21(24)29-20(18)26-28(22(29)31)12-16-3-2-10-32-16/h4-9,11,16H,2-3,10,12H2,1H3,(H2,24,25)/t16-/m1/s1. The van der Waals surface area contributed by atoms with Gasteiger partial charge in [0.2, 0.25) is 11.5 Å². The van der Waals surface area contributed by atoms with E-state index >= 15 is 0 Å². The predicted molar refractivity (Wildman–Crippen MR) is 117 cm³/mol. The molecule has 0 aliphatic carbocycles.